The van der Waals surface area contributed by atoms with Gasteiger partial charge in [-0.3, -0.25) is 4.57 Å². The van der Waals surface area contributed by atoms with Gasteiger partial charge in [-0.05, 0) is 31.2 Å². The molecular weight excluding hydrogens is 215 g/mol. The van der Waals surface area contributed by atoms with Crippen LogP contribution in [0.25, 0.3) is 0 Å². The summed E-state index contributed by atoms with van der Waals surface area (Å²) in [6, 6.07) is 6.67. The van der Waals surface area contributed by atoms with Crippen molar-refractivity contribution in [1.29, 1.82) is 0 Å². The smallest absolute Gasteiger partial charge is 0.256 e. The van der Waals surface area contributed by atoms with Gasteiger partial charge < -0.3 is 14.4 Å². The molecule has 1 aromatic rings. The lowest BCUT2D eigenvalue weighted by atomic mass is 10.3. The fourth-order valence-corrected chi connectivity index (χ4v) is 2.63. The highest BCUT2D eigenvalue weighted by molar-refractivity contribution is 7.66. The second kappa shape index (κ2) is 5.31. The van der Waals surface area contributed by atoms with Crippen molar-refractivity contribution < 1.29 is 18.9 Å². The van der Waals surface area contributed by atoms with Crippen LogP contribution in [0.5, 0.6) is 5.75 Å². The molecule has 1 atom stereocenters. The van der Waals surface area contributed by atoms with Gasteiger partial charge in [0.25, 0.3) is 7.37 Å². The molecule has 0 aliphatic rings. The Hall–Kier alpha value is -0.830. The van der Waals surface area contributed by atoms with Gasteiger partial charge in [-0.15, -0.1) is 0 Å². The van der Waals surface area contributed by atoms with E-state index in [-0.39, 0.29) is 0 Å². The molecule has 0 saturated heterocycles. The Morgan fingerprint density at radius 2 is 1.93 bits per heavy atom. The van der Waals surface area contributed by atoms with Gasteiger partial charge in [0.15, 0.2) is 0 Å². The highest BCUT2D eigenvalue weighted by atomic mass is 31.2. The molecular formula is C10H15O4P. The first-order valence-corrected chi connectivity index (χ1v) is 6.46. The maximum absolute atomic E-state index is 12.1. The number of benzene rings is 1. The van der Waals surface area contributed by atoms with Crippen LogP contribution in [-0.2, 0) is 9.09 Å². The molecule has 1 unspecified atom stereocenters. The van der Waals surface area contributed by atoms with Crippen LogP contribution < -0.4 is 10.0 Å². The summed E-state index contributed by atoms with van der Waals surface area (Å²) in [5.74, 6) is 0.680. The zero-order valence-electron chi connectivity index (χ0n) is 8.84. The van der Waals surface area contributed by atoms with Crippen molar-refractivity contribution in [1.82, 2.24) is 0 Å². The molecule has 0 fully saturated rings. The predicted molar refractivity (Wildman–Crippen MR) is 58.9 cm³/mol. The molecule has 15 heavy (non-hydrogen) atoms. The molecule has 0 saturated carbocycles. The predicted octanol–water partition coefficient (Wildman–Crippen LogP) is 1.58. The van der Waals surface area contributed by atoms with E-state index in [1.165, 1.54) is 0 Å². The fraction of sp³-hybridized carbons (Fsp3) is 0.400. The third-order valence-electron chi connectivity index (χ3n) is 1.99. The lowest BCUT2D eigenvalue weighted by molar-refractivity contribution is 0.291. The summed E-state index contributed by atoms with van der Waals surface area (Å²) >= 11 is 0. The van der Waals surface area contributed by atoms with Gasteiger partial charge in [0.2, 0.25) is 0 Å². The molecule has 1 aromatic carbocycles. The number of rotatable bonds is 5. The highest BCUT2D eigenvalue weighted by Gasteiger charge is 2.24. The highest BCUT2D eigenvalue weighted by Crippen LogP contribution is 2.44. The van der Waals surface area contributed by atoms with E-state index < -0.39 is 13.7 Å². The summed E-state index contributed by atoms with van der Waals surface area (Å²) in [4.78, 5) is 0. The second-order valence-electron chi connectivity index (χ2n) is 2.93. The molecule has 5 heteroatoms. The van der Waals surface area contributed by atoms with E-state index in [0.29, 0.717) is 17.7 Å². The zero-order chi connectivity index (χ0) is 11.3. The largest absolute Gasteiger partial charge is 0.497 e. The topological polar surface area (TPSA) is 55.8 Å². The van der Waals surface area contributed by atoms with Crippen LogP contribution in [0.15, 0.2) is 24.3 Å². The average Bonchev–Trinajstić information content (AvgIpc) is 2.29. The van der Waals surface area contributed by atoms with E-state index in [0.717, 1.165) is 0 Å². The summed E-state index contributed by atoms with van der Waals surface area (Å²) in [6.07, 6.45) is -0.479. The minimum Gasteiger partial charge on any atom is -0.497 e. The number of ether oxygens (including phenoxy) is 1. The molecule has 0 amide bonds. The maximum atomic E-state index is 12.1. The first kappa shape index (κ1) is 12.2. The van der Waals surface area contributed by atoms with Crippen molar-refractivity contribution in [2.24, 2.45) is 0 Å². The van der Waals surface area contributed by atoms with Crippen molar-refractivity contribution in [3.05, 3.63) is 24.3 Å². The molecule has 0 bridgehead atoms. The summed E-state index contributed by atoms with van der Waals surface area (Å²) in [7, 11) is -1.52. The third kappa shape index (κ3) is 2.81. The molecule has 0 aliphatic heterocycles. The van der Waals surface area contributed by atoms with E-state index in [1.807, 2.05) is 0 Å². The number of aliphatic hydroxyl groups excluding tert-OH is 1. The molecule has 0 aliphatic carbocycles. The minimum absolute atomic E-state index is 0.309. The van der Waals surface area contributed by atoms with Gasteiger partial charge in [-0.1, -0.05) is 0 Å². The summed E-state index contributed by atoms with van der Waals surface area (Å²) in [5.41, 5.74) is 0. The van der Waals surface area contributed by atoms with Gasteiger partial charge in [0.1, 0.15) is 12.1 Å². The molecule has 1 rings (SSSR count). The number of hydrogen-bond donors (Lipinski definition) is 1. The van der Waals surface area contributed by atoms with Gasteiger partial charge in [-0.2, -0.15) is 0 Å². The molecule has 4 nitrogen and oxygen atoms in total. The Bertz CT molecular complexity index is 347. The standard InChI is InChI=1S/C10H15O4P/c1-3-14-15(12,8-11)10-6-4-9(13-2)5-7-10/h4-7,11H,3,8H2,1-2H3. The molecule has 1 N–H and O–H groups in total. The summed E-state index contributed by atoms with van der Waals surface area (Å²) in [5, 5.41) is 9.58. The van der Waals surface area contributed by atoms with Gasteiger partial charge in [-0.25, -0.2) is 0 Å². The SMILES string of the molecule is CCOP(=O)(CO)c1ccc(OC)cc1. The maximum Gasteiger partial charge on any atom is 0.256 e. The summed E-state index contributed by atoms with van der Waals surface area (Å²) < 4.78 is 22.2. The lowest BCUT2D eigenvalue weighted by Crippen LogP contribution is -2.10. The van der Waals surface area contributed by atoms with E-state index >= 15 is 0 Å². The van der Waals surface area contributed by atoms with Crippen LogP contribution in [0, 0.1) is 0 Å². The van der Waals surface area contributed by atoms with Crippen molar-refractivity contribution in [2.45, 2.75) is 6.92 Å². The first-order valence-electron chi connectivity index (χ1n) is 4.65. The Labute approximate surface area is 89.3 Å². The van der Waals surface area contributed by atoms with Crippen LogP contribution in [0.3, 0.4) is 0 Å². The molecule has 0 radical (unpaired) electrons. The van der Waals surface area contributed by atoms with E-state index in [4.69, 9.17) is 14.4 Å². The Morgan fingerprint density at radius 1 is 1.33 bits per heavy atom. The van der Waals surface area contributed by atoms with Crippen LogP contribution in [0.2, 0.25) is 0 Å². The third-order valence-corrected chi connectivity index (χ3v) is 4.12. The monoisotopic (exact) mass is 230 g/mol. The second-order valence-corrected chi connectivity index (χ2v) is 5.33. The summed E-state index contributed by atoms with van der Waals surface area (Å²) in [6.45, 7) is 2.05. The quantitative estimate of drug-likeness (QED) is 0.780. The van der Waals surface area contributed by atoms with Crippen LogP contribution in [0.1, 0.15) is 6.92 Å². The Kier molecular flexibility index (Phi) is 4.33. The number of hydrogen-bond acceptors (Lipinski definition) is 4. The van der Waals surface area contributed by atoms with E-state index in [9.17, 15) is 4.57 Å². The van der Waals surface area contributed by atoms with Crippen LogP contribution in [0.4, 0.5) is 0 Å². The number of methoxy groups -OCH3 is 1. The first-order chi connectivity index (χ1) is 7.16. The van der Waals surface area contributed by atoms with Crippen LogP contribution >= 0.6 is 7.37 Å². The molecule has 0 aromatic heterocycles. The van der Waals surface area contributed by atoms with Crippen molar-refractivity contribution in [2.75, 3.05) is 20.1 Å². The Morgan fingerprint density at radius 3 is 2.33 bits per heavy atom. The van der Waals surface area contributed by atoms with Crippen molar-refractivity contribution >= 4 is 12.7 Å². The van der Waals surface area contributed by atoms with Gasteiger partial charge in [0, 0.05) is 5.30 Å². The Balaban J connectivity index is 2.97. The fourth-order valence-electron chi connectivity index (χ4n) is 1.21. The normalized spacial score (nSPS) is 14.6. The van der Waals surface area contributed by atoms with Crippen LogP contribution in [-0.4, -0.2) is 25.2 Å². The minimum atomic E-state index is -3.08. The lowest BCUT2D eigenvalue weighted by Gasteiger charge is -2.15. The van der Waals surface area contributed by atoms with Crippen molar-refractivity contribution in [3.8, 4) is 5.75 Å². The van der Waals surface area contributed by atoms with Crippen molar-refractivity contribution in [3.63, 3.8) is 0 Å². The molecule has 0 spiro atoms. The molecule has 0 heterocycles. The average molecular weight is 230 g/mol. The van der Waals surface area contributed by atoms with Gasteiger partial charge in [0.05, 0.1) is 13.7 Å². The van der Waals surface area contributed by atoms with Gasteiger partial charge >= 0.3 is 0 Å². The van der Waals surface area contributed by atoms with E-state index in [2.05, 4.69) is 0 Å². The van der Waals surface area contributed by atoms with E-state index in [1.54, 1.807) is 38.3 Å². The number of aliphatic hydroxyl groups is 1. The molecule has 84 valence electrons. The zero-order valence-corrected chi connectivity index (χ0v) is 9.74.